The maximum absolute atomic E-state index is 12.9. The quantitative estimate of drug-likeness (QED) is 0.418. The van der Waals surface area contributed by atoms with E-state index in [2.05, 4.69) is 10.3 Å². The van der Waals surface area contributed by atoms with Gasteiger partial charge < -0.3 is 10.4 Å². The molecule has 0 atom stereocenters. The molecule has 2 aromatic carbocycles. The minimum atomic E-state index is -0.843. The third-order valence-corrected chi connectivity index (χ3v) is 6.81. The van der Waals surface area contributed by atoms with Crippen molar-refractivity contribution in [3.8, 4) is 0 Å². The second kappa shape index (κ2) is 8.59. The zero-order valence-corrected chi connectivity index (χ0v) is 18.1. The summed E-state index contributed by atoms with van der Waals surface area (Å²) in [6.45, 7) is 0. The lowest BCUT2D eigenvalue weighted by molar-refractivity contribution is -0.133. The highest BCUT2D eigenvalue weighted by Crippen LogP contribution is 2.36. The van der Waals surface area contributed by atoms with E-state index in [9.17, 15) is 14.7 Å². The van der Waals surface area contributed by atoms with Crippen molar-refractivity contribution in [2.24, 2.45) is 0 Å². The van der Waals surface area contributed by atoms with Crippen LogP contribution in [0.25, 0.3) is 21.8 Å². The first-order valence-corrected chi connectivity index (χ1v) is 11.5. The molecule has 0 saturated heterocycles. The predicted molar refractivity (Wildman–Crippen MR) is 126 cm³/mol. The van der Waals surface area contributed by atoms with Gasteiger partial charge in [-0.05, 0) is 55.5 Å². The molecule has 1 aliphatic rings. The number of hydrogen-bond donors (Lipinski definition) is 2. The molecule has 7 heteroatoms. The van der Waals surface area contributed by atoms with Crippen LogP contribution in [0.1, 0.15) is 34.5 Å². The first kappa shape index (κ1) is 20.5. The topological polar surface area (TPSA) is 92.2 Å². The minimum absolute atomic E-state index is 0.00273. The summed E-state index contributed by atoms with van der Waals surface area (Å²) >= 11 is 1.34. The Hall–Kier alpha value is -3.45. The third-order valence-electron chi connectivity index (χ3n) is 5.66. The van der Waals surface area contributed by atoms with E-state index in [1.54, 1.807) is 18.3 Å². The standard InChI is InChI=1S/C25H21N3O3S/c29-23(30)14-32-24-18-6-2-4-8-21(18)28-22-12-16(9-10-19(22)24)25(31)27-17-11-15-5-1-3-7-20(15)26-13-17/h1,3,5,7,9-13H,2,4,6,8,14H2,(H,27,31)(H,29,30). The Morgan fingerprint density at radius 1 is 1.03 bits per heavy atom. The van der Waals surface area contributed by atoms with Gasteiger partial charge in [0.15, 0.2) is 0 Å². The monoisotopic (exact) mass is 443 g/mol. The molecule has 2 N–H and O–H groups in total. The molecule has 2 aromatic heterocycles. The van der Waals surface area contributed by atoms with Gasteiger partial charge >= 0.3 is 5.97 Å². The zero-order chi connectivity index (χ0) is 22.1. The van der Waals surface area contributed by atoms with Crippen LogP contribution in [-0.2, 0) is 17.6 Å². The lowest BCUT2D eigenvalue weighted by Crippen LogP contribution is -2.13. The van der Waals surface area contributed by atoms with E-state index < -0.39 is 5.97 Å². The Kier molecular flexibility index (Phi) is 5.49. The number of thioether (sulfide) groups is 1. The lowest BCUT2D eigenvalue weighted by Gasteiger charge is -2.20. The minimum Gasteiger partial charge on any atom is -0.481 e. The molecule has 0 saturated carbocycles. The number of aromatic nitrogens is 2. The van der Waals surface area contributed by atoms with Crippen molar-refractivity contribution in [3.05, 3.63) is 71.5 Å². The molecule has 5 rings (SSSR count). The van der Waals surface area contributed by atoms with Gasteiger partial charge in [-0.15, -0.1) is 11.8 Å². The molecule has 2 heterocycles. The van der Waals surface area contributed by atoms with Crippen LogP contribution in [0.4, 0.5) is 5.69 Å². The van der Waals surface area contributed by atoms with E-state index in [4.69, 9.17) is 4.98 Å². The predicted octanol–water partition coefficient (Wildman–Crippen LogP) is 5.09. The molecule has 0 unspecified atom stereocenters. The van der Waals surface area contributed by atoms with Crippen molar-refractivity contribution in [3.63, 3.8) is 0 Å². The Morgan fingerprint density at radius 2 is 1.88 bits per heavy atom. The van der Waals surface area contributed by atoms with Gasteiger partial charge in [0.1, 0.15) is 0 Å². The second-order valence-corrected chi connectivity index (χ2v) is 8.84. The third kappa shape index (κ3) is 4.03. The Labute approximate surface area is 189 Å². The summed E-state index contributed by atoms with van der Waals surface area (Å²) in [5.41, 5.74) is 4.91. The lowest BCUT2D eigenvalue weighted by atomic mass is 9.94. The van der Waals surface area contributed by atoms with Crippen molar-refractivity contribution in [2.45, 2.75) is 30.6 Å². The largest absolute Gasteiger partial charge is 0.481 e. The molecule has 0 bridgehead atoms. The van der Waals surface area contributed by atoms with Crippen LogP contribution < -0.4 is 5.32 Å². The normalized spacial score (nSPS) is 13.1. The van der Waals surface area contributed by atoms with Crippen LogP contribution >= 0.6 is 11.8 Å². The number of anilines is 1. The molecule has 1 amide bonds. The summed E-state index contributed by atoms with van der Waals surface area (Å²) in [4.78, 5) is 34.3. The molecule has 32 heavy (non-hydrogen) atoms. The summed E-state index contributed by atoms with van der Waals surface area (Å²) in [5, 5.41) is 14.0. The van der Waals surface area contributed by atoms with Crippen LogP contribution in [0.15, 0.2) is 59.6 Å². The number of aryl methyl sites for hydroxylation is 1. The highest BCUT2D eigenvalue weighted by Gasteiger charge is 2.20. The average molecular weight is 444 g/mol. The van der Waals surface area contributed by atoms with Crippen molar-refractivity contribution < 1.29 is 14.7 Å². The highest BCUT2D eigenvalue weighted by molar-refractivity contribution is 8.00. The Balaban J connectivity index is 1.49. The number of nitrogens with one attached hydrogen (secondary N) is 1. The van der Waals surface area contributed by atoms with Gasteiger partial charge in [-0.3, -0.25) is 19.6 Å². The number of amides is 1. The smallest absolute Gasteiger partial charge is 0.313 e. The van der Waals surface area contributed by atoms with Gasteiger partial charge in [-0.25, -0.2) is 0 Å². The second-order valence-electron chi connectivity index (χ2n) is 7.86. The number of nitrogens with zero attached hydrogens (tertiary/aromatic N) is 2. The molecule has 6 nitrogen and oxygen atoms in total. The molecule has 0 spiro atoms. The van der Waals surface area contributed by atoms with Crippen LogP contribution in [0.3, 0.4) is 0 Å². The van der Waals surface area contributed by atoms with Crippen molar-refractivity contribution in [2.75, 3.05) is 11.1 Å². The van der Waals surface area contributed by atoms with Crippen LogP contribution in [0.5, 0.6) is 0 Å². The number of carboxylic acid groups (broad SMARTS) is 1. The van der Waals surface area contributed by atoms with Crippen molar-refractivity contribution in [1.29, 1.82) is 0 Å². The average Bonchev–Trinajstić information content (AvgIpc) is 2.81. The number of carboxylic acids is 1. The summed E-state index contributed by atoms with van der Waals surface area (Å²) in [6.07, 6.45) is 5.60. The maximum atomic E-state index is 12.9. The van der Waals surface area contributed by atoms with E-state index in [0.29, 0.717) is 11.3 Å². The molecule has 160 valence electrons. The number of carbonyl (C=O) groups is 2. The van der Waals surface area contributed by atoms with E-state index in [1.165, 1.54) is 11.8 Å². The first-order chi connectivity index (χ1) is 15.6. The van der Waals surface area contributed by atoms with Crippen LogP contribution in [-0.4, -0.2) is 32.7 Å². The Bertz CT molecular complexity index is 1370. The number of rotatable bonds is 5. The number of para-hydroxylation sites is 1. The summed E-state index contributed by atoms with van der Waals surface area (Å²) in [5.74, 6) is -1.07. The summed E-state index contributed by atoms with van der Waals surface area (Å²) in [7, 11) is 0. The number of carbonyl (C=O) groups excluding carboxylic acids is 1. The Morgan fingerprint density at radius 3 is 2.75 bits per heavy atom. The van der Waals surface area contributed by atoms with Gasteiger partial charge in [-0.2, -0.15) is 0 Å². The zero-order valence-electron chi connectivity index (χ0n) is 17.3. The number of aliphatic carboxylic acids is 1. The molecule has 0 aliphatic heterocycles. The van der Waals surface area contributed by atoms with E-state index in [-0.39, 0.29) is 11.7 Å². The number of fused-ring (bicyclic) bond motifs is 3. The van der Waals surface area contributed by atoms with E-state index in [0.717, 1.165) is 63.6 Å². The van der Waals surface area contributed by atoms with Gasteiger partial charge in [0, 0.05) is 26.9 Å². The van der Waals surface area contributed by atoms with E-state index in [1.807, 2.05) is 36.4 Å². The number of pyridine rings is 2. The molecule has 1 aliphatic carbocycles. The fraction of sp³-hybridized carbons (Fsp3) is 0.200. The fourth-order valence-electron chi connectivity index (χ4n) is 4.16. The van der Waals surface area contributed by atoms with Gasteiger partial charge in [0.05, 0.1) is 28.7 Å². The van der Waals surface area contributed by atoms with Crippen molar-refractivity contribution in [1.82, 2.24) is 9.97 Å². The van der Waals surface area contributed by atoms with Gasteiger partial charge in [0.25, 0.3) is 5.91 Å². The number of benzene rings is 2. The van der Waals surface area contributed by atoms with Crippen molar-refractivity contribution >= 4 is 51.1 Å². The van der Waals surface area contributed by atoms with Crippen LogP contribution in [0, 0.1) is 0 Å². The maximum Gasteiger partial charge on any atom is 0.313 e. The molecular formula is C25H21N3O3S. The van der Waals surface area contributed by atoms with Crippen LogP contribution in [0.2, 0.25) is 0 Å². The molecule has 4 aromatic rings. The molecule has 0 radical (unpaired) electrons. The highest BCUT2D eigenvalue weighted by atomic mass is 32.2. The first-order valence-electron chi connectivity index (χ1n) is 10.5. The van der Waals surface area contributed by atoms with E-state index >= 15 is 0 Å². The summed E-state index contributed by atoms with van der Waals surface area (Å²) in [6, 6.07) is 15.1. The summed E-state index contributed by atoms with van der Waals surface area (Å²) < 4.78 is 0. The van der Waals surface area contributed by atoms with Gasteiger partial charge in [-0.1, -0.05) is 24.3 Å². The molecular weight excluding hydrogens is 422 g/mol. The molecule has 0 fully saturated rings. The van der Waals surface area contributed by atoms with Gasteiger partial charge in [0.2, 0.25) is 0 Å². The fourth-order valence-corrected chi connectivity index (χ4v) is 5.15. The number of hydrogen-bond acceptors (Lipinski definition) is 5. The SMILES string of the molecule is O=C(O)CSc1c2c(nc3cc(C(=O)Nc4cnc5ccccc5c4)ccc13)CCCC2.